The van der Waals surface area contributed by atoms with E-state index in [2.05, 4.69) is 27.2 Å². The summed E-state index contributed by atoms with van der Waals surface area (Å²) in [7, 11) is 0. The standard InChI is InChI=1S/C19H25N3O2/c23-18-8-5-15-13-16(6-7-17(15)20-18)21-9-11-22(12-10-21)19(24)14-3-1-2-4-14/h6-7,13-14H,1-5,8-12H2,(H,20,23). The van der Waals surface area contributed by atoms with Gasteiger partial charge in [-0.15, -0.1) is 0 Å². The summed E-state index contributed by atoms with van der Waals surface area (Å²) >= 11 is 0. The molecule has 24 heavy (non-hydrogen) atoms. The van der Waals surface area contributed by atoms with Crippen molar-refractivity contribution < 1.29 is 9.59 Å². The second-order valence-corrected chi connectivity index (χ2v) is 7.18. The molecule has 2 fully saturated rings. The Kier molecular flexibility index (Phi) is 4.17. The number of nitrogens with one attached hydrogen (secondary N) is 1. The summed E-state index contributed by atoms with van der Waals surface area (Å²) in [4.78, 5) is 28.4. The molecule has 2 amide bonds. The van der Waals surface area contributed by atoms with Gasteiger partial charge in [0.05, 0.1) is 0 Å². The Morgan fingerprint density at radius 3 is 2.54 bits per heavy atom. The van der Waals surface area contributed by atoms with Gasteiger partial charge in [0.1, 0.15) is 0 Å². The summed E-state index contributed by atoms with van der Waals surface area (Å²) in [6.45, 7) is 3.43. The molecule has 4 rings (SSSR count). The van der Waals surface area contributed by atoms with Crippen LogP contribution < -0.4 is 10.2 Å². The zero-order valence-electron chi connectivity index (χ0n) is 14.1. The fourth-order valence-corrected chi connectivity index (χ4v) is 4.18. The zero-order valence-corrected chi connectivity index (χ0v) is 14.1. The molecule has 1 saturated carbocycles. The van der Waals surface area contributed by atoms with E-state index in [-0.39, 0.29) is 11.8 Å². The molecule has 1 aromatic carbocycles. The van der Waals surface area contributed by atoms with Crippen LogP contribution in [0.1, 0.15) is 37.7 Å². The first-order valence-electron chi connectivity index (χ1n) is 9.17. The molecule has 0 aromatic heterocycles. The molecule has 5 nitrogen and oxygen atoms in total. The van der Waals surface area contributed by atoms with Gasteiger partial charge < -0.3 is 15.1 Å². The summed E-state index contributed by atoms with van der Waals surface area (Å²) in [6.07, 6.45) is 5.96. The quantitative estimate of drug-likeness (QED) is 0.907. The molecule has 0 atom stereocenters. The molecule has 0 bridgehead atoms. The number of nitrogens with zero attached hydrogens (tertiary/aromatic N) is 2. The van der Waals surface area contributed by atoms with Crippen molar-refractivity contribution >= 4 is 23.2 Å². The van der Waals surface area contributed by atoms with Gasteiger partial charge in [-0.05, 0) is 43.0 Å². The number of carbonyl (C=O) groups excluding carboxylic acids is 2. The van der Waals surface area contributed by atoms with E-state index in [1.165, 1.54) is 24.1 Å². The number of hydrogen-bond donors (Lipinski definition) is 1. The van der Waals surface area contributed by atoms with Crippen LogP contribution in [0.15, 0.2) is 18.2 Å². The van der Waals surface area contributed by atoms with Crippen LogP contribution in [-0.2, 0) is 16.0 Å². The van der Waals surface area contributed by atoms with Gasteiger partial charge in [-0.1, -0.05) is 12.8 Å². The molecule has 1 aromatic rings. The number of benzene rings is 1. The summed E-state index contributed by atoms with van der Waals surface area (Å²) in [5.41, 5.74) is 3.37. The number of carbonyl (C=O) groups is 2. The molecule has 0 spiro atoms. The van der Waals surface area contributed by atoms with Gasteiger partial charge in [0.15, 0.2) is 0 Å². The fraction of sp³-hybridized carbons (Fsp3) is 0.579. The van der Waals surface area contributed by atoms with Crippen LogP contribution in [0.4, 0.5) is 11.4 Å². The Morgan fingerprint density at radius 1 is 1.04 bits per heavy atom. The fourth-order valence-electron chi connectivity index (χ4n) is 4.18. The highest BCUT2D eigenvalue weighted by molar-refractivity contribution is 5.94. The second kappa shape index (κ2) is 6.46. The molecule has 5 heteroatoms. The average Bonchev–Trinajstić information content (AvgIpc) is 3.15. The molecule has 0 unspecified atom stereocenters. The van der Waals surface area contributed by atoms with Crippen LogP contribution in [0.3, 0.4) is 0 Å². The number of rotatable bonds is 2. The first-order chi connectivity index (χ1) is 11.7. The van der Waals surface area contributed by atoms with E-state index < -0.39 is 0 Å². The number of anilines is 2. The third-order valence-electron chi connectivity index (χ3n) is 5.65. The van der Waals surface area contributed by atoms with Crippen molar-refractivity contribution in [3.05, 3.63) is 23.8 Å². The van der Waals surface area contributed by atoms with Gasteiger partial charge in [0, 0.05) is 49.9 Å². The Labute approximate surface area is 143 Å². The lowest BCUT2D eigenvalue weighted by atomic mass is 10.0. The highest BCUT2D eigenvalue weighted by atomic mass is 16.2. The predicted octanol–water partition coefficient (Wildman–Crippen LogP) is 2.41. The van der Waals surface area contributed by atoms with Crippen LogP contribution in [-0.4, -0.2) is 42.9 Å². The van der Waals surface area contributed by atoms with Gasteiger partial charge in [-0.2, -0.15) is 0 Å². The summed E-state index contributed by atoms with van der Waals surface area (Å²) in [5, 5.41) is 2.93. The molecule has 2 heterocycles. The minimum atomic E-state index is 0.106. The van der Waals surface area contributed by atoms with Crippen molar-refractivity contribution in [3.8, 4) is 0 Å². The van der Waals surface area contributed by atoms with Crippen LogP contribution in [0.5, 0.6) is 0 Å². The maximum Gasteiger partial charge on any atom is 0.225 e. The lowest BCUT2D eigenvalue weighted by molar-refractivity contribution is -0.135. The van der Waals surface area contributed by atoms with Gasteiger partial charge in [-0.3, -0.25) is 9.59 Å². The van der Waals surface area contributed by atoms with Crippen LogP contribution in [0.25, 0.3) is 0 Å². The van der Waals surface area contributed by atoms with Crippen LogP contribution in [0, 0.1) is 5.92 Å². The van der Waals surface area contributed by atoms with E-state index in [1.807, 2.05) is 6.07 Å². The van der Waals surface area contributed by atoms with Crippen molar-refractivity contribution in [3.63, 3.8) is 0 Å². The average molecular weight is 327 g/mol. The summed E-state index contributed by atoms with van der Waals surface area (Å²) < 4.78 is 0. The maximum absolute atomic E-state index is 12.5. The third kappa shape index (κ3) is 2.99. The molecular formula is C19H25N3O2. The van der Waals surface area contributed by atoms with Crippen molar-refractivity contribution in [2.75, 3.05) is 36.4 Å². The highest BCUT2D eigenvalue weighted by Gasteiger charge is 2.29. The molecule has 1 N–H and O–H groups in total. The summed E-state index contributed by atoms with van der Waals surface area (Å²) in [6, 6.07) is 6.29. The minimum absolute atomic E-state index is 0.106. The SMILES string of the molecule is O=C1CCc2cc(N3CCN(C(=O)C4CCCC4)CC3)ccc2N1. The van der Waals surface area contributed by atoms with Crippen LogP contribution >= 0.6 is 0 Å². The van der Waals surface area contributed by atoms with E-state index >= 15 is 0 Å². The van der Waals surface area contributed by atoms with Crippen LogP contribution in [0.2, 0.25) is 0 Å². The normalized spacial score (nSPS) is 21.6. The van der Waals surface area contributed by atoms with Crippen molar-refractivity contribution in [2.45, 2.75) is 38.5 Å². The molecule has 1 aliphatic carbocycles. The minimum Gasteiger partial charge on any atom is -0.368 e. The van der Waals surface area contributed by atoms with Crippen molar-refractivity contribution in [2.24, 2.45) is 5.92 Å². The number of amides is 2. The molecule has 1 saturated heterocycles. The lowest BCUT2D eigenvalue weighted by Gasteiger charge is -2.37. The Hall–Kier alpha value is -2.04. The topological polar surface area (TPSA) is 52.7 Å². The van der Waals surface area contributed by atoms with E-state index in [1.54, 1.807) is 0 Å². The Balaban J connectivity index is 1.39. The molecule has 0 radical (unpaired) electrons. The second-order valence-electron chi connectivity index (χ2n) is 7.18. The zero-order chi connectivity index (χ0) is 16.5. The largest absolute Gasteiger partial charge is 0.368 e. The number of fused-ring (bicyclic) bond motifs is 1. The number of hydrogen-bond acceptors (Lipinski definition) is 3. The van der Waals surface area contributed by atoms with E-state index in [4.69, 9.17) is 0 Å². The lowest BCUT2D eigenvalue weighted by Crippen LogP contribution is -2.50. The predicted molar refractivity (Wildman–Crippen MR) is 94.1 cm³/mol. The smallest absolute Gasteiger partial charge is 0.225 e. The summed E-state index contributed by atoms with van der Waals surface area (Å²) in [5.74, 6) is 0.762. The van der Waals surface area contributed by atoms with E-state index in [0.29, 0.717) is 12.3 Å². The van der Waals surface area contributed by atoms with Crippen molar-refractivity contribution in [1.29, 1.82) is 0 Å². The molecule has 2 aliphatic heterocycles. The number of piperazine rings is 1. The van der Waals surface area contributed by atoms with E-state index in [0.717, 1.165) is 51.1 Å². The first-order valence-corrected chi connectivity index (χ1v) is 9.17. The van der Waals surface area contributed by atoms with E-state index in [9.17, 15) is 9.59 Å². The Bertz CT molecular complexity index is 644. The Morgan fingerprint density at radius 2 is 1.79 bits per heavy atom. The van der Waals surface area contributed by atoms with Gasteiger partial charge in [0.2, 0.25) is 11.8 Å². The first kappa shape index (κ1) is 15.5. The molecule has 128 valence electrons. The molecular weight excluding hydrogens is 302 g/mol. The molecule has 3 aliphatic rings. The maximum atomic E-state index is 12.5. The highest BCUT2D eigenvalue weighted by Crippen LogP contribution is 2.29. The number of aryl methyl sites for hydroxylation is 1. The van der Waals surface area contributed by atoms with Gasteiger partial charge >= 0.3 is 0 Å². The third-order valence-corrected chi connectivity index (χ3v) is 5.65. The monoisotopic (exact) mass is 327 g/mol. The van der Waals surface area contributed by atoms with Crippen molar-refractivity contribution in [1.82, 2.24) is 4.90 Å². The van der Waals surface area contributed by atoms with Gasteiger partial charge in [0.25, 0.3) is 0 Å². The van der Waals surface area contributed by atoms with Gasteiger partial charge in [-0.25, -0.2) is 0 Å².